The van der Waals surface area contributed by atoms with E-state index in [4.69, 9.17) is 0 Å². The van der Waals surface area contributed by atoms with Crippen molar-refractivity contribution in [2.45, 2.75) is 19.4 Å². The second kappa shape index (κ2) is 7.21. The Kier molecular flexibility index (Phi) is 4.75. The Hall–Kier alpha value is -2.58. The van der Waals surface area contributed by atoms with Gasteiger partial charge in [-0.25, -0.2) is 9.52 Å². The summed E-state index contributed by atoms with van der Waals surface area (Å²) >= 11 is 1.12. The summed E-state index contributed by atoms with van der Waals surface area (Å²) < 4.78 is 2.97. The molecule has 3 aliphatic heterocycles. The fourth-order valence-corrected chi connectivity index (χ4v) is 4.42. The van der Waals surface area contributed by atoms with E-state index in [0.717, 1.165) is 23.3 Å². The molecule has 4 rings (SSSR count). The molecule has 1 aromatic carbocycles. The number of nitrogens with zero attached hydrogens (tertiary/aromatic N) is 2. The first-order valence-corrected chi connectivity index (χ1v) is 9.74. The Bertz CT molecular complexity index is 865. The molecule has 140 valence electrons. The van der Waals surface area contributed by atoms with E-state index in [1.807, 2.05) is 18.2 Å². The monoisotopic (exact) mass is 384 g/mol. The predicted octanol–water partition coefficient (Wildman–Crippen LogP) is 1.71. The Morgan fingerprint density at radius 3 is 2.70 bits per heavy atom. The maximum absolute atomic E-state index is 13.0. The largest absolute Gasteiger partial charge is 0.334 e. The highest BCUT2D eigenvalue weighted by molar-refractivity contribution is 8.02. The fourth-order valence-electron chi connectivity index (χ4n) is 3.47. The summed E-state index contributed by atoms with van der Waals surface area (Å²) in [5.74, 6) is -0.483. The van der Waals surface area contributed by atoms with E-state index >= 15 is 0 Å². The minimum atomic E-state index is -0.674. The highest BCUT2D eigenvalue weighted by Gasteiger charge is 2.44. The number of likely N-dealkylation sites (N-methyl/N-ethyl adjacent to an activating group) is 1. The molecule has 0 aromatic heterocycles. The van der Waals surface area contributed by atoms with Crippen LogP contribution in [0.4, 0.5) is 4.79 Å². The number of imide groups is 1. The summed E-state index contributed by atoms with van der Waals surface area (Å²) in [4.78, 5) is 40.8. The molecular formula is C19H20N4O3S. The maximum Gasteiger partial charge on any atom is 0.328 e. The number of rotatable bonds is 3. The van der Waals surface area contributed by atoms with E-state index in [9.17, 15) is 14.4 Å². The molecule has 0 saturated carbocycles. The first-order chi connectivity index (χ1) is 13.1. The molecule has 0 radical (unpaired) electrons. The van der Waals surface area contributed by atoms with Crippen LogP contribution in [-0.2, 0) is 9.59 Å². The number of benzene rings is 1. The topological polar surface area (TPSA) is 81.8 Å². The van der Waals surface area contributed by atoms with Crippen LogP contribution in [-0.4, -0.2) is 53.3 Å². The van der Waals surface area contributed by atoms with Gasteiger partial charge in [-0.15, -0.1) is 0 Å². The van der Waals surface area contributed by atoms with E-state index in [2.05, 4.69) is 28.2 Å². The highest BCUT2D eigenvalue weighted by atomic mass is 32.2. The molecule has 1 atom stereocenters. The van der Waals surface area contributed by atoms with Gasteiger partial charge in [-0.3, -0.25) is 14.5 Å². The molecule has 2 N–H and O–H groups in total. The third-order valence-electron chi connectivity index (χ3n) is 4.96. The predicted molar refractivity (Wildman–Crippen MR) is 103 cm³/mol. The summed E-state index contributed by atoms with van der Waals surface area (Å²) in [6.45, 7) is 3.15. The Balaban J connectivity index is 1.52. The molecule has 1 aromatic rings. The average molecular weight is 384 g/mol. The summed E-state index contributed by atoms with van der Waals surface area (Å²) in [6, 6.07) is 8.97. The van der Waals surface area contributed by atoms with Crippen molar-refractivity contribution in [2.75, 3.05) is 19.6 Å². The molecule has 3 aliphatic rings. The number of fused-ring (bicyclic) bond motifs is 1. The Morgan fingerprint density at radius 2 is 2.04 bits per heavy atom. The lowest BCUT2D eigenvalue weighted by atomic mass is 9.99. The maximum atomic E-state index is 13.0. The zero-order chi connectivity index (χ0) is 19.0. The standard InChI is InChI=1S/C19H20N4O3S/c1-2-23-17(24)15-14(20-19(23)26)16(27-21-15)18(25)22-10-8-13(9-11-22)12-6-4-3-5-7-12/h3-8,15,21H,2,9-11H2,1H3,(H,20,26). The van der Waals surface area contributed by atoms with E-state index in [0.29, 0.717) is 30.2 Å². The van der Waals surface area contributed by atoms with Gasteiger partial charge in [-0.05, 0) is 36.4 Å². The van der Waals surface area contributed by atoms with Crippen molar-refractivity contribution >= 4 is 35.4 Å². The van der Waals surface area contributed by atoms with Crippen LogP contribution >= 0.6 is 11.9 Å². The third-order valence-corrected chi connectivity index (χ3v) is 5.92. The Morgan fingerprint density at radius 1 is 1.26 bits per heavy atom. The molecule has 27 heavy (non-hydrogen) atoms. The summed E-state index contributed by atoms with van der Waals surface area (Å²) in [5, 5.41) is 2.71. The lowest BCUT2D eigenvalue weighted by Gasteiger charge is -2.30. The second-order valence-electron chi connectivity index (χ2n) is 6.50. The summed E-state index contributed by atoms with van der Waals surface area (Å²) in [7, 11) is 0. The number of nitrogens with one attached hydrogen (secondary N) is 2. The summed E-state index contributed by atoms with van der Waals surface area (Å²) in [6.07, 6.45) is 2.84. The van der Waals surface area contributed by atoms with Crippen molar-refractivity contribution in [1.82, 2.24) is 19.8 Å². The van der Waals surface area contributed by atoms with Crippen molar-refractivity contribution in [3.63, 3.8) is 0 Å². The average Bonchev–Trinajstić information content (AvgIpc) is 3.12. The smallest absolute Gasteiger partial charge is 0.328 e. The van der Waals surface area contributed by atoms with E-state index in [1.54, 1.807) is 11.8 Å². The van der Waals surface area contributed by atoms with Gasteiger partial charge in [0.1, 0.15) is 10.9 Å². The SMILES string of the molecule is CCN1C(=O)NC2=C(C(=O)N3CC=C(c4ccccc4)CC3)SNC2C1=O. The molecule has 1 unspecified atom stereocenters. The molecule has 4 amide bonds. The van der Waals surface area contributed by atoms with Crippen LogP contribution < -0.4 is 10.0 Å². The van der Waals surface area contributed by atoms with Gasteiger partial charge in [0, 0.05) is 19.6 Å². The highest BCUT2D eigenvalue weighted by Crippen LogP contribution is 2.33. The molecule has 1 fully saturated rings. The zero-order valence-electron chi connectivity index (χ0n) is 14.9. The van der Waals surface area contributed by atoms with Crippen LogP contribution in [0, 0.1) is 0 Å². The quantitative estimate of drug-likeness (QED) is 0.776. The van der Waals surface area contributed by atoms with Crippen LogP contribution in [0.1, 0.15) is 18.9 Å². The molecule has 7 nitrogen and oxygen atoms in total. The van der Waals surface area contributed by atoms with Gasteiger partial charge in [0.05, 0.1) is 5.70 Å². The third kappa shape index (κ3) is 3.15. The molecule has 3 heterocycles. The second-order valence-corrected chi connectivity index (χ2v) is 7.35. The zero-order valence-corrected chi connectivity index (χ0v) is 15.7. The number of hydrogen-bond acceptors (Lipinski definition) is 5. The molecule has 1 saturated heterocycles. The van der Waals surface area contributed by atoms with Crippen LogP contribution in [0.15, 0.2) is 47.0 Å². The molecule has 0 aliphatic carbocycles. The minimum Gasteiger partial charge on any atom is -0.334 e. The number of carbonyl (C=O) groups excluding carboxylic acids is 3. The fraction of sp³-hybridized carbons (Fsp3) is 0.316. The normalized spacial score (nSPS) is 22.6. The van der Waals surface area contributed by atoms with E-state index < -0.39 is 12.1 Å². The number of carbonyl (C=O) groups is 3. The van der Waals surface area contributed by atoms with Crippen molar-refractivity contribution in [2.24, 2.45) is 0 Å². The molecule has 0 bridgehead atoms. The van der Waals surface area contributed by atoms with Gasteiger partial charge in [0.25, 0.3) is 11.8 Å². The Labute approximate surface area is 161 Å². The van der Waals surface area contributed by atoms with Crippen molar-refractivity contribution < 1.29 is 14.4 Å². The molecule has 0 spiro atoms. The number of amides is 4. The van der Waals surface area contributed by atoms with Gasteiger partial charge >= 0.3 is 6.03 Å². The lowest BCUT2D eigenvalue weighted by molar-refractivity contribution is -0.129. The van der Waals surface area contributed by atoms with Gasteiger partial charge in [0.15, 0.2) is 0 Å². The van der Waals surface area contributed by atoms with Crippen LogP contribution in [0.5, 0.6) is 0 Å². The number of urea groups is 1. The van der Waals surface area contributed by atoms with Crippen LogP contribution in [0.2, 0.25) is 0 Å². The van der Waals surface area contributed by atoms with E-state index in [-0.39, 0.29) is 11.8 Å². The van der Waals surface area contributed by atoms with Crippen LogP contribution in [0.25, 0.3) is 5.57 Å². The molecular weight excluding hydrogens is 364 g/mol. The first kappa shape index (κ1) is 17.8. The van der Waals surface area contributed by atoms with Gasteiger partial charge < -0.3 is 10.2 Å². The van der Waals surface area contributed by atoms with Gasteiger partial charge in [-0.1, -0.05) is 36.4 Å². The first-order valence-electron chi connectivity index (χ1n) is 8.92. The van der Waals surface area contributed by atoms with E-state index in [1.165, 1.54) is 11.1 Å². The minimum absolute atomic E-state index is 0.161. The van der Waals surface area contributed by atoms with Crippen LogP contribution in [0.3, 0.4) is 0 Å². The van der Waals surface area contributed by atoms with Crippen molar-refractivity contribution in [3.8, 4) is 0 Å². The lowest BCUT2D eigenvalue weighted by Crippen LogP contribution is -2.57. The molecule has 8 heteroatoms. The van der Waals surface area contributed by atoms with Gasteiger partial charge in [0.2, 0.25) is 0 Å². The summed E-state index contributed by atoms with van der Waals surface area (Å²) in [5.41, 5.74) is 2.78. The number of hydrogen-bond donors (Lipinski definition) is 2. The van der Waals surface area contributed by atoms with Crippen molar-refractivity contribution in [1.29, 1.82) is 0 Å². The van der Waals surface area contributed by atoms with Gasteiger partial charge in [-0.2, -0.15) is 0 Å². The van der Waals surface area contributed by atoms with Crippen molar-refractivity contribution in [3.05, 3.63) is 52.6 Å².